The molecule has 9 heteroatoms. The third-order valence-corrected chi connectivity index (χ3v) is 8.40. The van der Waals surface area contributed by atoms with Crippen LogP contribution in [0.3, 0.4) is 0 Å². The zero-order valence-corrected chi connectivity index (χ0v) is 22.8. The number of para-hydroxylation sites is 1. The molecular formula is C29H35ClN2O6. The first-order valence-corrected chi connectivity index (χ1v) is 13.8. The first-order chi connectivity index (χ1) is 18.2. The van der Waals surface area contributed by atoms with Crippen LogP contribution in [0.25, 0.3) is 0 Å². The summed E-state index contributed by atoms with van der Waals surface area (Å²) in [7, 11) is 0. The lowest BCUT2D eigenvalue weighted by atomic mass is 9.78. The number of aryl methyl sites for hydroxylation is 1. The number of aliphatic hydroxyl groups excluding tert-OH is 1. The average Bonchev–Trinajstić information content (AvgIpc) is 3.28. The molecule has 38 heavy (non-hydrogen) atoms. The summed E-state index contributed by atoms with van der Waals surface area (Å²) in [5, 5.41) is 10.9. The van der Waals surface area contributed by atoms with Gasteiger partial charge in [0.2, 0.25) is 5.91 Å². The molecule has 2 saturated heterocycles. The van der Waals surface area contributed by atoms with Crippen LogP contribution in [-0.2, 0) is 23.9 Å². The first-order valence-electron chi connectivity index (χ1n) is 13.4. The average molecular weight is 543 g/mol. The second kappa shape index (κ2) is 10.5. The highest BCUT2D eigenvalue weighted by Crippen LogP contribution is 2.54. The molecule has 0 aliphatic carbocycles. The van der Waals surface area contributed by atoms with Gasteiger partial charge in [-0.05, 0) is 43.7 Å². The maximum Gasteiger partial charge on any atom is 0.312 e. The molecule has 2 amide bonds. The number of ether oxygens (including phenoxy) is 2. The SMILES string of the molecule is Cc1cccc(Cl)c1N1CC=C[C@]23O[C@@H]4/C=C\CCCOC(=O)[C@@H]4[C@H]2C(=O)N([C@@H](CO)CC(C)C)C3C1=O. The molecule has 4 aliphatic rings. The fourth-order valence-electron chi connectivity index (χ4n) is 6.57. The number of hydrogen-bond acceptors (Lipinski definition) is 6. The number of nitrogens with zero attached hydrogens (tertiary/aromatic N) is 2. The van der Waals surface area contributed by atoms with Crippen LogP contribution in [0.1, 0.15) is 38.7 Å². The summed E-state index contributed by atoms with van der Waals surface area (Å²) in [5.41, 5.74) is 0.00147. The Labute approximate surface area is 228 Å². The van der Waals surface area contributed by atoms with Crippen LogP contribution in [0, 0.1) is 24.7 Å². The molecule has 1 aromatic carbocycles. The van der Waals surface area contributed by atoms with Crippen molar-refractivity contribution in [2.24, 2.45) is 17.8 Å². The molecule has 6 atom stereocenters. The Morgan fingerprint density at radius 2 is 1.97 bits per heavy atom. The van der Waals surface area contributed by atoms with Gasteiger partial charge >= 0.3 is 5.97 Å². The molecule has 1 spiro atoms. The van der Waals surface area contributed by atoms with Gasteiger partial charge in [-0.15, -0.1) is 0 Å². The molecular weight excluding hydrogens is 508 g/mol. The number of carbonyl (C=O) groups is 3. The summed E-state index contributed by atoms with van der Waals surface area (Å²) in [5.74, 6) is -2.92. The van der Waals surface area contributed by atoms with Crippen molar-refractivity contribution in [3.8, 4) is 0 Å². The maximum absolute atomic E-state index is 14.5. The number of carbonyl (C=O) groups excluding carboxylic acids is 3. The summed E-state index contributed by atoms with van der Waals surface area (Å²) in [6.45, 7) is 6.05. The van der Waals surface area contributed by atoms with E-state index in [-0.39, 0.29) is 37.5 Å². The summed E-state index contributed by atoms with van der Waals surface area (Å²) < 4.78 is 12.2. The quantitative estimate of drug-likeness (QED) is 0.452. The van der Waals surface area contributed by atoms with E-state index in [1.54, 1.807) is 17.0 Å². The first kappa shape index (κ1) is 26.9. The molecule has 8 nitrogen and oxygen atoms in total. The Kier molecular flexibility index (Phi) is 7.42. The van der Waals surface area contributed by atoms with Gasteiger partial charge in [0.05, 0.1) is 42.0 Å². The Morgan fingerprint density at radius 3 is 2.68 bits per heavy atom. The van der Waals surface area contributed by atoms with Crippen molar-refractivity contribution in [2.45, 2.75) is 63.8 Å². The number of aliphatic hydroxyl groups is 1. The molecule has 1 unspecified atom stereocenters. The molecule has 0 bridgehead atoms. The molecule has 204 valence electrons. The van der Waals surface area contributed by atoms with Crippen LogP contribution in [-0.4, -0.2) is 71.3 Å². The fourth-order valence-corrected chi connectivity index (χ4v) is 6.90. The molecule has 5 rings (SSSR count). The molecule has 0 radical (unpaired) electrons. The van der Waals surface area contributed by atoms with Crippen LogP contribution in [0.4, 0.5) is 5.69 Å². The lowest BCUT2D eigenvalue weighted by molar-refractivity contribution is -0.155. The van der Waals surface area contributed by atoms with Gasteiger partial charge in [0.25, 0.3) is 5.91 Å². The third-order valence-electron chi connectivity index (χ3n) is 8.10. The lowest BCUT2D eigenvalue weighted by Gasteiger charge is -2.39. The van der Waals surface area contributed by atoms with Crippen LogP contribution in [0.15, 0.2) is 42.5 Å². The van der Waals surface area contributed by atoms with Gasteiger partial charge < -0.3 is 24.4 Å². The highest BCUT2D eigenvalue weighted by molar-refractivity contribution is 6.34. The van der Waals surface area contributed by atoms with Crippen LogP contribution in [0.5, 0.6) is 0 Å². The normalized spacial score (nSPS) is 32.6. The van der Waals surface area contributed by atoms with Crippen LogP contribution < -0.4 is 4.90 Å². The van der Waals surface area contributed by atoms with Crippen molar-refractivity contribution >= 4 is 35.1 Å². The number of amides is 2. The monoisotopic (exact) mass is 542 g/mol. The molecule has 0 aromatic heterocycles. The third kappa shape index (κ3) is 4.27. The van der Waals surface area contributed by atoms with E-state index in [0.29, 0.717) is 23.6 Å². The molecule has 0 saturated carbocycles. The second-order valence-electron chi connectivity index (χ2n) is 11.0. The Morgan fingerprint density at radius 1 is 1.18 bits per heavy atom. The van der Waals surface area contributed by atoms with Gasteiger partial charge in [-0.3, -0.25) is 14.4 Å². The Balaban J connectivity index is 1.67. The van der Waals surface area contributed by atoms with E-state index in [0.717, 1.165) is 12.0 Å². The summed E-state index contributed by atoms with van der Waals surface area (Å²) in [6, 6.07) is 3.73. The van der Waals surface area contributed by atoms with E-state index < -0.39 is 41.6 Å². The Hall–Kier alpha value is -2.68. The van der Waals surface area contributed by atoms with Crippen molar-refractivity contribution < 1.29 is 29.0 Å². The number of cyclic esters (lactones) is 1. The predicted octanol–water partition coefficient (Wildman–Crippen LogP) is 3.43. The number of fused-ring (bicyclic) bond motifs is 2. The second-order valence-corrected chi connectivity index (χ2v) is 11.5. The van der Waals surface area contributed by atoms with Crippen molar-refractivity contribution in [1.82, 2.24) is 4.90 Å². The predicted molar refractivity (Wildman–Crippen MR) is 143 cm³/mol. The van der Waals surface area contributed by atoms with Gasteiger partial charge in [0, 0.05) is 6.54 Å². The van der Waals surface area contributed by atoms with Crippen molar-refractivity contribution in [1.29, 1.82) is 0 Å². The van der Waals surface area contributed by atoms with E-state index in [2.05, 4.69) is 0 Å². The number of hydrogen-bond donors (Lipinski definition) is 1. The number of likely N-dealkylation sites (tertiary alicyclic amines) is 1. The standard InChI is InChI=1S/C29H35ClN2O6/c1-17(2)15-19(16-33)32-25-27(35)31(24-18(3)9-7-10-20(24)30)13-8-12-29(25)23(26(32)34)22-21(38-29)11-5-4-6-14-37-28(22)36/h5,7-12,17,19,21-23,25,33H,4,6,13-16H2,1-3H3/b11-5-/t19-,21-,22+,23+,25?,29+/m1/s1. The van der Waals surface area contributed by atoms with Gasteiger partial charge in [-0.2, -0.15) is 0 Å². The van der Waals surface area contributed by atoms with E-state index in [1.165, 1.54) is 4.90 Å². The summed E-state index contributed by atoms with van der Waals surface area (Å²) in [4.78, 5) is 45.3. The van der Waals surface area contributed by atoms with Gasteiger partial charge in [-0.25, -0.2) is 0 Å². The summed E-state index contributed by atoms with van der Waals surface area (Å²) >= 11 is 6.59. The minimum Gasteiger partial charge on any atom is -0.465 e. The van der Waals surface area contributed by atoms with Gasteiger partial charge in [0.15, 0.2) is 0 Å². The van der Waals surface area contributed by atoms with E-state index in [1.807, 2.05) is 51.1 Å². The van der Waals surface area contributed by atoms with Crippen molar-refractivity contribution in [3.63, 3.8) is 0 Å². The maximum atomic E-state index is 14.5. The van der Waals surface area contributed by atoms with Crippen LogP contribution >= 0.6 is 11.6 Å². The largest absolute Gasteiger partial charge is 0.465 e. The van der Waals surface area contributed by atoms with Crippen molar-refractivity contribution in [3.05, 3.63) is 53.1 Å². The van der Waals surface area contributed by atoms with Crippen LogP contribution in [0.2, 0.25) is 5.02 Å². The highest BCUT2D eigenvalue weighted by atomic mass is 35.5. The Bertz CT molecular complexity index is 1160. The minimum absolute atomic E-state index is 0.154. The molecule has 1 N–H and O–H groups in total. The smallest absolute Gasteiger partial charge is 0.312 e. The molecule has 1 aromatic rings. The zero-order valence-electron chi connectivity index (χ0n) is 22.0. The van der Waals surface area contributed by atoms with Gasteiger partial charge in [0.1, 0.15) is 17.6 Å². The molecule has 4 heterocycles. The van der Waals surface area contributed by atoms with E-state index >= 15 is 0 Å². The number of benzene rings is 1. The lowest BCUT2D eigenvalue weighted by Crippen LogP contribution is -2.58. The summed E-state index contributed by atoms with van der Waals surface area (Å²) in [6.07, 6.45) is 8.57. The number of rotatable bonds is 5. The zero-order chi connectivity index (χ0) is 27.2. The number of anilines is 1. The highest BCUT2D eigenvalue weighted by Gasteiger charge is 2.72. The van der Waals surface area contributed by atoms with E-state index in [4.69, 9.17) is 21.1 Å². The molecule has 2 fully saturated rings. The number of allylic oxidation sites excluding steroid dienone is 1. The molecule has 4 aliphatic heterocycles. The minimum atomic E-state index is -1.39. The van der Waals surface area contributed by atoms with Crippen molar-refractivity contribution in [2.75, 3.05) is 24.7 Å². The number of halogens is 1. The number of esters is 1. The van der Waals surface area contributed by atoms with Gasteiger partial charge in [-0.1, -0.05) is 61.9 Å². The fraction of sp³-hybridized carbons (Fsp3) is 0.552. The van der Waals surface area contributed by atoms with E-state index in [9.17, 15) is 19.5 Å². The topological polar surface area (TPSA) is 96.4 Å².